The number of halogens is 2. The van der Waals surface area contributed by atoms with Gasteiger partial charge in [-0.3, -0.25) is 4.21 Å². The second-order valence-corrected chi connectivity index (χ2v) is 6.61. The Balaban J connectivity index is 2.01. The van der Waals surface area contributed by atoms with Crippen molar-refractivity contribution in [2.45, 2.75) is 43.0 Å². The van der Waals surface area contributed by atoms with Crippen LogP contribution in [-0.2, 0) is 10.8 Å². The van der Waals surface area contributed by atoms with Crippen molar-refractivity contribution in [1.82, 2.24) is 0 Å². The van der Waals surface area contributed by atoms with Gasteiger partial charge in [-0.2, -0.15) is 0 Å². The van der Waals surface area contributed by atoms with Crippen LogP contribution < -0.4 is 5.73 Å². The van der Waals surface area contributed by atoms with Gasteiger partial charge in [-0.05, 0) is 37.0 Å². The van der Waals surface area contributed by atoms with Crippen molar-refractivity contribution in [3.05, 3.63) is 29.8 Å². The van der Waals surface area contributed by atoms with Crippen LogP contribution in [0.25, 0.3) is 0 Å². The van der Waals surface area contributed by atoms with Gasteiger partial charge in [-0.15, -0.1) is 0 Å². The van der Waals surface area contributed by atoms with Crippen LogP contribution in [-0.4, -0.2) is 16.0 Å². The molecule has 2 rings (SSSR count). The van der Waals surface area contributed by atoms with Crippen LogP contribution in [0.3, 0.4) is 0 Å². The van der Waals surface area contributed by atoms with Gasteiger partial charge < -0.3 is 5.73 Å². The number of rotatable bonds is 4. The monoisotopic (exact) mass is 287 g/mol. The predicted molar refractivity (Wildman–Crippen MR) is 72.2 cm³/mol. The van der Waals surface area contributed by atoms with Crippen molar-refractivity contribution in [2.24, 2.45) is 11.7 Å². The fourth-order valence-corrected chi connectivity index (χ4v) is 3.95. The summed E-state index contributed by atoms with van der Waals surface area (Å²) in [5, 5.41) is 0. The van der Waals surface area contributed by atoms with Crippen LogP contribution in [0.5, 0.6) is 0 Å². The summed E-state index contributed by atoms with van der Waals surface area (Å²) in [7, 11) is -1.58. The van der Waals surface area contributed by atoms with Gasteiger partial charge in [-0.25, -0.2) is 8.78 Å². The van der Waals surface area contributed by atoms with Crippen LogP contribution in [0.1, 0.15) is 32.1 Å². The Bertz CT molecular complexity index is 461. The lowest BCUT2D eigenvalue weighted by molar-refractivity contribution is 0.318. The van der Waals surface area contributed by atoms with E-state index in [9.17, 15) is 13.0 Å². The third kappa shape index (κ3) is 3.83. The van der Waals surface area contributed by atoms with Crippen molar-refractivity contribution in [3.8, 4) is 0 Å². The van der Waals surface area contributed by atoms with Crippen molar-refractivity contribution in [1.29, 1.82) is 0 Å². The lowest BCUT2D eigenvalue weighted by Gasteiger charge is -2.27. The number of hydrogen-bond donors (Lipinski definition) is 1. The van der Waals surface area contributed by atoms with Gasteiger partial charge >= 0.3 is 0 Å². The third-order valence-electron chi connectivity index (χ3n) is 3.74. The first kappa shape index (κ1) is 14.6. The fourth-order valence-electron chi connectivity index (χ4n) is 2.61. The van der Waals surface area contributed by atoms with E-state index in [1.165, 1.54) is 6.42 Å². The molecule has 19 heavy (non-hydrogen) atoms. The van der Waals surface area contributed by atoms with E-state index in [1.807, 2.05) is 0 Å². The molecule has 0 aromatic heterocycles. The minimum atomic E-state index is -1.58. The summed E-state index contributed by atoms with van der Waals surface area (Å²) in [6.45, 7) is 0. The maximum Gasteiger partial charge on any atom is 0.139 e. The van der Waals surface area contributed by atoms with E-state index in [0.29, 0.717) is 5.92 Å². The molecule has 2 unspecified atom stereocenters. The normalized spacial score (nSPS) is 20.2. The lowest BCUT2D eigenvalue weighted by Crippen LogP contribution is -2.36. The molecule has 0 spiro atoms. The molecule has 0 bridgehead atoms. The summed E-state index contributed by atoms with van der Waals surface area (Å²) in [5.74, 6) is -0.647. The number of nitrogens with two attached hydrogens (primary N) is 1. The zero-order chi connectivity index (χ0) is 13.8. The van der Waals surface area contributed by atoms with Crippen LogP contribution in [0.2, 0.25) is 0 Å². The highest BCUT2D eigenvalue weighted by Gasteiger charge is 2.23. The van der Waals surface area contributed by atoms with E-state index in [-0.39, 0.29) is 16.7 Å². The van der Waals surface area contributed by atoms with E-state index < -0.39 is 22.4 Å². The van der Waals surface area contributed by atoms with Gasteiger partial charge in [0.25, 0.3) is 0 Å². The van der Waals surface area contributed by atoms with Crippen LogP contribution >= 0.6 is 0 Å². The van der Waals surface area contributed by atoms with Crippen molar-refractivity contribution >= 4 is 10.8 Å². The van der Waals surface area contributed by atoms with Crippen molar-refractivity contribution in [2.75, 3.05) is 5.75 Å². The minimum absolute atomic E-state index is 0.0775. The second-order valence-electron chi connectivity index (χ2n) is 5.15. The molecule has 1 aromatic rings. The van der Waals surface area contributed by atoms with Crippen LogP contribution in [0, 0.1) is 17.6 Å². The van der Waals surface area contributed by atoms with Gasteiger partial charge in [0, 0.05) is 11.8 Å². The van der Waals surface area contributed by atoms with Gasteiger partial charge in [0.05, 0.1) is 15.7 Å². The largest absolute Gasteiger partial charge is 0.327 e. The number of hydrogen-bond acceptors (Lipinski definition) is 2. The first-order valence-electron chi connectivity index (χ1n) is 6.67. The molecule has 0 amide bonds. The maximum atomic E-state index is 13.5. The number of benzene rings is 1. The van der Waals surface area contributed by atoms with Crippen molar-refractivity contribution < 1.29 is 13.0 Å². The fraction of sp³-hybridized carbons (Fsp3) is 0.571. The van der Waals surface area contributed by atoms with Gasteiger partial charge in [0.2, 0.25) is 0 Å². The van der Waals surface area contributed by atoms with Crippen molar-refractivity contribution in [3.63, 3.8) is 0 Å². The quantitative estimate of drug-likeness (QED) is 0.925. The molecule has 2 N–H and O–H groups in total. The molecule has 1 saturated carbocycles. The van der Waals surface area contributed by atoms with Crippen LogP contribution in [0.4, 0.5) is 8.78 Å². The van der Waals surface area contributed by atoms with E-state index in [1.54, 1.807) is 0 Å². The van der Waals surface area contributed by atoms with Crippen LogP contribution in [0.15, 0.2) is 23.1 Å². The van der Waals surface area contributed by atoms with E-state index in [2.05, 4.69) is 0 Å². The topological polar surface area (TPSA) is 43.1 Å². The molecular weight excluding hydrogens is 268 g/mol. The SMILES string of the molecule is NC(CS(=O)c1cc(F)ccc1F)C1CCCCC1. The Morgan fingerprint density at radius 3 is 2.63 bits per heavy atom. The predicted octanol–water partition coefficient (Wildman–Crippen LogP) is 2.98. The first-order chi connectivity index (χ1) is 9.08. The summed E-state index contributed by atoms with van der Waals surface area (Å²) in [5.41, 5.74) is 6.07. The summed E-state index contributed by atoms with van der Waals surface area (Å²) in [6.07, 6.45) is 5.62. The molecule has 1 aliphatic rings. The second kappa shape index (κ2) is 6.57. The van der Waals surface area contributed by atoms with E-state index in [0.717, 1.165) is 43.9 Å². The molecule has 5 heteroatoms. The zero-order valence-corrected chi connectivity index (χ0v) is 11.6. The molecule has 2 nitrogen and oxygen atoms in total. The van der Waals surface area contributed by atoms with Gasteiger partial charge in [0.15, 0.2) is 0 Å². The Hall–Kier alpha value is -0.810. The summed E-state index contributed by atoms with van der Waals surface area (Å²) in [6, 6.07) is 2.83. The molecule has 0 radical (unpaired) electrons. The molecule has 1 aliphatic carbocycles. The van der Waals surface area contributed by atoms with Gasteiger partial charge in [0.1, 0.15) is 11.6 Å². The minimum Gasteiger partial charge on any atom is -0.327 e. The van der Waals surface area contributed by atoms with E-state index >= 15 is 0 Å². The van der Waals surface area contributed by atoms with Gasteiger partial charge in [-0.1, -0.05) is 19.3 Å². The highest BCUT2D eigenvalue weighted by atomic mass is 32.2. The average molecular weight is 287 g/mol. The first-order valence-corrected chi connectivity index (χ1v) is 7.99. The molecule has 0 aliphatic heterocycles. The molecular formula is C14H19F2NOS. The Labute approximate surface area is 114 Å². The average Bonchev–Trinajstić information content (AvgIpc) is 2.42. The standard InChI is InChI=1S/C14H19F2NOS/c15-11-6-7-12(16)14(8-11)19(18)9-13(17)10-4-2-1-3-5-10/h6-8,10,13H,1-5,9,17H2. The zero-order valence-electron chi connectivity index (χ0n) is 10.8. The smallest absolute Gasteiger partial charge is 0.139 e. The Kier molecular flexibility index (Phi) is 5.05. The summed E-state index contributed by atoms with van der Waals surface area (Å²) < 4.78 is 38.7. The molecule has 0 saturated heterocycles. The molecule has 106 valence electrons. The highest BCUT2D eigenvalue weighted by Crippen LogP contribution is 2.26. The summed E-state index contributed by atoms with van der Waals surface area (Å²) in [4.78, 5) is -0.0775. The lowest BCUT2D eigenvalue weighted by atomic mass is 9.85. The highest BCUT2D eigenvalue weighted by molar-refractivity contribution is 7.85. The molecule has 1 fully saturated rings. The summed E-state index contributed by atoms with van der Waals surface area (Å²) >= 11 is 0. The maximum absolute atomic E-state index is 13.5. The molecule has 2 atom stereocenters. The molecule has 1 aromatic carbocycles. The van der Waals surface area contributed by atoms with E-state index in [4.69, 9.17) is 5.73 Å². The Morgan fingerprint density at radius 1 is 1.26 bits per heavy atom. The third-order valence-corrected chi connectivity index (χ3v) is 5.23. The Morgan fingerprint density at radius 2 is 1.95 bits per heavy atom. The molecule has 0 heterocycles.